The second-order valence-corrected chi connectivity index (χ2v) is 9.18. The zero-order valence-electron chi connectivity index (χ0n) is 29.8. The van der Waals surface area contributed by atoms with E-state index in [-0.39, 0.29) is 22.6 Å². The molecule has 0 saturated heterocycles. The zero-order valence-corrected chi connectivity index (χ0v) is 20.8. The Morgan fingerprint density at radius 3 is 2.30 bits per heavy atom. The molecule has 3 aromatic heterocycles. The van der Waals surface area contributed by atoms with Gasteiger partial charge in [0.05, 0.1) is 40.3 Å². The molecule has 0 fully saturated rings. The Morgan fingerprint density at radius 1 is 0.600 bits per heavy atom. The van der Waals surface area contributed by atoms with E-state index in [4.69, 9.17) is 26.7 Å². The van der Waals surface area contributed by atoms with Crippen LogP contribution in [-0.4, -0.2) is 14.5 Å². The molecule has 4 heteroatoms. The van der Waals surface area contributed by atoms with E-state index in [1.165, 1.54) is 0 Å². The largest absolute Gasteiger partial charge is 0.437 e. The van der Waals surface area contributed by atoms with Gasteiger partial charge < -0.3 is 4.42 Å². The van der Waals surface area contributed by atoms with Crippen LogP contribution >= 0.6 is 0 Å². The Labute approximate surface area is 243 Å². The zero-order chi connectivity index (χ0) is 34.3. The van der Waals surface area contributed by atoms with Crippen molar-refractivity contribution in [2.24, 2.45) is 0 Å². The number of para-hydroxylation sites is 4. The summed E-state index contributed by atoms with van der Waals surface area (Å²) in [6.07, 6.45) is 0. The molecule has 0 aliphatic carbocycles. The summed E-state index contributed by atoms with van der Waals surface area (Å²) in [6.45, 7) is 0. The van der Waals surface area contributed by atoms with Crippen molar-refractivity contribution in [2.45, 2.75) is 0 Å². The summed E-state index contributed by atoms with van der Waals surface area (Å²) >= 11 is 0. The fourth-order valence-electron chi connectivity index (χ4n) is 5.09. The van der Waals surface area contributed by atoms with E-state index in [0.29, 0.717) is 27.9 Å². The minimum Gasteiger partial charge on any atom is -0.437 e. The number of rotatable bonds is 4. The van der Waals surface area contributed by atoms with Gasteiger partial charge in [-0.2, -0.15) is 0 Å². The van der Waals surface area contributed by atoms with Crippen LogP contribution in [0.4, 0.5) is 0 Å². The number of hydrogen-bond donors (Lipinski definition) is 0. The van der Waals surface area contributed by atoms with Crippen LogP contribution in [0, 0.1) is 0 Å². The maximum atomic E-state index is 9.15. The number of furan rings is 1. The van der Waals surface area contributed by atoms with E-state index in [0.717, 1.165) is 22.0 Å². The van der Waals surface area contributed by atoms with E-state index in [2.05, 4.69) is 0 Å². The maximum absolute atomic E-state index is 9.15. The van der Waals surface area contributed by atoms with Crippen molar-refractivity contribution < 1.29 is 16.8 Å². The van der Waals surface area contributed by atoms with Crippen molar-refractivity contribution in [2.75, 3.05) is 0 Å². The van der Waals surface area contributed by atoms with Crippen LogP contribution in [0.15, 0.2) is 144 Å². The molecule has 0 unspecified atom stereocenters. The first-order valence-electron chi connectivity index (χ1n) is 17.1. The van der Waals surface area contributed by atoms with E-state index in [1.807, 2.05) is 54.6 Å². The Morgan fingerprint density at radius 2 is 1.40 bits per heavy atom. The Bertz CT molecular complexity index is 2640. The molecule has 8 rings (SSSR count). The van der Waals surface area contributed by atoms with Gasteiger partial charge in [0, 0.05) is 21.9 Å². The number of pyridine rings is 1. The van der Waals surface area contributed by atoms with Gasteiger partial charge in [0.25, 0.3) is 0 Å². The first-order chi connectivity index (χ1) is 23.6. The molecule has 0 radical (unpaired) electrons. The monoisotopic (exact) mass is 522 g/mol. The maximum Gasteiger partial charge on any atom is 0.227 e. The summed E-state index contributed by atoms with van der Waals surface area (Å²) in [5, 5.41) is 1.51. The molecule has 0 atom stereocenters. The third-order valence-electron chi connectivity index (χ3n) is 6.88. The molecular weight excluding hydrogens is 490 g/mol. The van der Waals surface area contributed by atoms with Gasteiger partial charge in [0.1, 0.15) is 11.4 Å². The average Bonchev–Trinajstić information content (AvgIpc) is 3.70. The summed E-state index contributed by atoms with van der Waals surface area (Å²) in [5.41, 5.74) is 3.22. The van der Waals surface area contributed by atoms with Crippen LogP contribution in [-0.2, 0) is 0 Å². The molecule has 5 aromatic carbocycles. The van der Waals surface area contributed by atoms with Gasteiger partial charge in [0.2, 0.25) is 5.71 Å². The Kier molecular flexibility index (Phi) is 3.45. The van der Waals surface area contributed by atoms with E-state index >= 15 is 0 Å². The first kappa shape index (κ1) is 15.2. The lowest BCUT2D eigenvalue weighted by atomic mass is 10.0. The smallest absolute Gasteiger partial charge is 0.227 e. The summed E-state index contributed by atoms with van der Waals surface area (Å²) < 4.78 is 85.6. The first-order valence-corrected chi connectivity index (χ1v) is 12.6. The minimum atomic E-state index is -0.625. The fraction of sp³-hybridized carbons (Fsp3) is 0. The highest BCUT2D eigenvalue weighted by atomic mass is 16.3. The Balaban J connectivity index is 1.48. The molecule has 0 aliphatic rings. The molecule has 8 aromatic rings. The van der Waals surface area contributed by atoms with Gasteiger partial charge in [-0.3, -0.25) is 4.57 Å². The molecule has 4 nitrogen and oxygen atoms in total. The molecule has 0 N–H and O–H groups in total. The van der Waals surface area contributed by atoms with Crippen LogP contribution in [0.2, 0.25) is 0 Å². The fourth-order valence-corrected chi connectivity index (χ4v) is 5.09. The summed E-state index contributed by atoms with van der Waals surface area (Å²) in [4.78, 5) is 9.73. The lowest BCUT2D eigenvalue weighted by Gasteiger charge is -2.15. The summed E-state index contributed by atoms with van der Waals surface area (Å²) in [5.74, 6) is 0.257. The van der Waals surface area contributed by atoms with Crippen LogP contribution in [0.1, 0.15) is 12.3 Å². The number of aromatic nitrogens is 3. The topological polar surface area (TPSA) is 43.9 Å². The molecule has 3 heterocycles. The molecule has 0 saturated carbocycles. The number of benzene rings is 5. The average molecular weight is 523 g/mol. The molecule has 0 spiro atoms. The van der Waals surface area contributed by atoms with Gasteiger partial charge >= 0.3 is 0 Å². The van der Waals surface area contributed by atoms with Crippen LogP contribution in [0.3, 0.4) is 0 Å². The highest BCUT2D eigenvalue weighted by molar-refractivity contribution is 6.09. The van der Waals surface area contributed by atoms with Gasteiger partial charge in [-0.1, -0.05) is 103 Å². The standard InChI is InChI=1S/C36H23N3O/c1-3-12-24(13-4-1)26-16-7-9-20-32(26)39-33-21-10-8-19-31(33)37-35(39)29-18-11-17-27-28-22-23-30(25-14-5-2-6-15-25)38-36(28)40-34(27)29/h1-23H/i1D,3D,4D,7D,9D,12D,13D,16D,20D. The molecule has 188 valence electrons. The molecular formula is C36H23N3O. The van der Waals surface area contributed by atoms with Crippen LogP contribution < -0.4 is 0 Å². The van der Waals surface area contributed by atoms with Crippen molar-refractivity contribution in [1.29, 1.82) is 0 Å². The van der Waals surface area contributed by atoms with Crippen molar-refractivity contribution in [3.8, 4) is 39.5 Å². The predicted octanol–water partition coefficient (Wildman–Crippen LogP) is 9.32. The molecule has 0 amide bonds. The van der Waals surface area contributed by atoms with Gasteiger partial charge in [-0.15, -0.1) is 0 Å². The Hall–Kier alpha value is -5.48. The SMILES string of the molecule is [2H]c1c([2H])c([2H])c(-c2c([2H])c([2H])c([2H])c([2H])c2-n2c(-c3cccc4c3oc3nc(-c5ccccc5)ccc34)nc3ccccc32)c([2H])c1[2H]. The summed E-state index contributed by atoms with van der Waals surface area (Å²) in [7, 11) is 0. The van der Waals surface area contributed by atoms with Crippen molar-refractivity contribution >= 4 is 33.1 Å². The summed E-state index contributed by atoms with van der Waals surface area (Å²) in [6, 6.07) is 20.9. The number of hydrogen-bond acceptors (Lipinski definition) is 3. The van der Waals surface area contributed by atoms with Gasteiger partial charge in [-0.25, -0.2) is 9.97 Å². The lowest BCUT2D eigenvalue weighted by molar-refractivity contribution is 0.655. The van der Waals surface area contributed by atoms with Gasteiger partial charge in [0.15, 0.2) is 0 Å². The molecule has 0 bridgehead atoms. The van der Waals surface area contributed by atoms with Crippen molar-refractivity contribution in [1.82, 2.24) is 14.5 Å². The van der Waals surface area contributed by atoms with Crippen LogP contribution in [0.25, 0.3) is 72.6 Å². The normalized spacial score (nSPS) is 14.7. The second kappa shape index (κ2) is 9.07. The van der Waals surface area contributed by atoms with Crippen LogP contribution in [0.5, 0.6) is 0 Å². The van der Waals surface area contributed by atoms with E-state index < -0.39 is 54.4 Å². The third-order valence-corrected chi connectivity index (χ3v) is 6.88. The quantitative estimate of drug-likeness (QED) is 0.231. The van der Waals surface area contributed by atoms with Gasteiger partial charge in [-0.05, 0) is 41.9 Å². The number of imidazole rings is 1. The third kappa shape index (κ3) is 3.54. The molecule has 40 heavy (non-hydrogen) atoms. The van der Waals surface area contributed by atoms with E-state index in [9.17, 15) is 0 Å². The lowest BCUT2D eigenvalue weighted by Crippen LogP contribution is -2.00. The van der Waals surface area contributed by atoms with Crippen molar-refractivity contribution in [3.63, 3.8) is 0 Å². The highest BCUT2D eigenvalue weighted by Gasteiger charge is 2.21. The highest BCUT2D eigenvalue weighted by Crippen LogP contribution is 2.39. The van der Waals surface area contributed by atoms with E-state index in [1.54, 1.807) is 34.9 Å². The molecule has 0 aliphatic heterocycles. The minimum absolute atomic E-state index is 0.120. The number of fused-ring (bicyclic) bond motifs is 4. The predicted molar refractivity (Wildman–Crippen MR) is 162 cm³/mol. The van der Waals surface area contributed by atoms with Crippen molar-refractivity contribution in [3.05, 3.63) is 139 Å². The second-order valence-electron chi connectivity index (χ2n) is 9.18. The number of nitrogens with zero attached hydrogens (tertiary/aromatic N) is 3.